The third-order valence-electron chi connectivity index (χ3n) is 6.04. The van der Waals surface area contributed by atoms with Crippen molar-refractivity contribution in [2.45, 2.75) is 51.1 Å². The number of nitrogens with one attached hydrogen (secondary N) is 2. The fraction of sp³-hybridized carbons (Fsp3) is 0.500. The normalized spacial score (nSPS) is 20.6. The van der Waals surface area contributed by atoms with Gasteiger partial charge in [-0.05, 0) is 50.3 Å². The van der Waals surface area contributed by atoms with Gasteiger partial charge in [0, 0.05) is 23.4 Å². The minimum Gasteiger partial charge on any atom is -0.332 e. The molecule has 15 heteroatoms. The smallest absolute Gasteiger partial charge is 0.249 e. The van der Waals surface area contributed by atoms with Crippen LogP contribution in [-0.2, 0) is 30.8 Å². The molecule has 11 nitrogen and oxygen atoms in total. The maximum Gasteiger partial charge on any atom is 0.249 e. The molecule has 2 aromatic rings. The van der Waals surface area contributed by atoms with Gasteiger partial charge in [0.25, 0.3) is 0 Å². The molecule has 0 bridgehead atoms. The second-order valence-corrected chi connectivity index (χ2v) is 13.1. The summed E-state index contributed by atoms with van der Waals surface area (Å²) in [5, 5.41) is 12.9. The Labute approximate surface area is 227 Å². The van der Waals surface area contributed by atoms with Crippen molar-refractivity contribution in [3.63, 3.8) is 0 Å². The molecule has 0 unspecified atom stereocenters. The Morgan fingerprint density at radius 3 is 2.68 bits per heavy atom. The number of nitrogens with zero attached hydrogens (tertiary/aromatic N) is 4. The maximum absolute atomic E-state index is 13.1. The van der Waals surface area contributed by atoms with Crippen molar-refractivity contribution in [2.24, 2.45) is 0 Å². The maximum atomic E-state index is 13.1. The standard InChI is InChI=1S/C22H27ClN6O5S3/c1-2-18-25-26-22(36-18)24-20(31)16-6-4-11-29(16)19(30)13-28-10-3-5-15(21(28)32)27-37(33,34)12-9-14-7-8-17(23)35-14/h7-9,12,15-16,27H,2-6,10-11,13H2,1H3,(H,24,26,31)/b12-9+/t15-,16+/m0/s1. The minimum absolute atomic E-state index is 0.219. The van der Waals surface area contributed by atoms with Gasteiger partial charge in [-0.25, -0.2) is 8.42 Å². The molecule has 4 rings (SSSR count). The zero-order valence-electron chi connectivity index (χ0n) is 20.1. The van der Waals surface area contributed by atoms with Crippen LogP contribution in [0.2, 0.25) is 4.34 Å². The first-order valence-electron chi connectivity index (χ1n) is 11.8. The number of hydrogen-bond donors (Lipinski definition) is 2. The van der Waals surface area contributed by atoms with Gasteiger partial charge in [0.15, 0.2) is 0 Å². The van der Waals surface area contributed by atoms with Crippen molar-refractivity contribution < 1.29 is 22.8 Å². The Morgan fingerprint density at radius 1 is 1.19 bits per heavy atom. The van der Waals surface area contributed by atoms with Gasteiger partial charge in [-0.3, -0.25) is 19.7 Å². The topological polar surface area (TPSA) is 142 Å². The number of carbonyl (C=O) groups is 3. The first kappa shape index (κ1) is 27.6. The second kappa shape index (κ2) is 12.0. The van der Waals surface area contributed by atoms with Gasteiger partial charge in [-0.1, -0.05) is 29.9 Å². The van der Waals surface area contributed by atoms with E-state index >= 15 is 0 Å². The number of carbonyl (C=O) groups excluding carboxylic acids is 3. The molecule has 37 heavy (non-hydrogen) atoms. The highest BCUT2D eigenvalue weighted by atomic mass is 35.5. The van der Waals surface area contributed by atoms with Crippen LogP contribution in [0.25, 0.3) is 6.08 Å². The van der Waals surface area contributed by atoms with Gasteiger partial charge < -0.3 is 9.80 Å². The van der Waals surface area contributed by atoms with Crippen LogP contribution in [0.1, 0.15) is 42.5 Å². The molecule has 2 aliphatic rings. The van der Waals surface area contributed by atoms with Crippen molar-refractivity contribution in [3.05, 3.63) is 31.8 Å². The quantitative estimate of drug-likeness (QED) is 0.459. The Bertz CT molecular complexity index is 1290. The summed E-state index contributed by atoms with van der Waals surface area (Å²) in [6.45, 7) is 2.47. The SMILES string of the molecule is CCc1nnc(NC(=O)[C@H]2CCCN2C(=O)CN2CCC[C@H](NS(=O)(=O)/C=C/c3ccc(Cl)s3)C2=O)s1. The van der Waals surface area contributed by atoms with Crippen molar-refractivity contribution in [1.29, 1.82) is 0 Å². The number of piperidine rings is 1. The van der Waals surface area contributed by atoms with Gasteiger partial charge in [0.1, 0.15) is 17.1 Å². The summed E-state index contributed by atoms with van der Waals surface area (Å²) in [5.41, 5.74) is 0. The number of halogens is 1. The summed E-state index contributed by atoms with van der Waals surface area (Å²) in [6.07, 6.45) is 4.17. The molecule has 2 aliphatic heterocycles. The van der Waals surface area contributed by atoms with E-state index in [4.69, 9.17) is 11.6 Å². The van der Waals surface area contributed by atoms with E-state index in [0.29, 0.717) is 59.5 Å². The molecule has 2 saturated heterocycles. The van der Waals surface area contributed by atoms with Crippen molar-refractivity contribution in [2.75, 3.05) is 25.0 Å². The fourth-order valence-electron chi connectivity index (χ4n) is 4.25. The molecule has 4 heterocycles. The number of likely N-dealkylation sites (tertiary alicyclic amines) is 2. The number of amides is 3. The molecule has 2 N–H and O–H groups in total. The summed E-state index contributed by atoms with van der Waals surface area (Å²) in [7, 11) is -3.89. The van der Waals surface area contributed by atoms with Gasteiger partial charge in [-0.2, -0.15) is 4.72 Å². The van der Waals surface area contributed by atoms with Gasteiger partial charge >= 0.3 is 0 Å². The Hall–Kier alpha value is -2.39. The van der Waals surface area contributed by atoms with Crippen LogP contribution in [0.3, 0.4) is 0 Å². The molecule has 2 aromatic heterocycles. The highest BCUT2D eigenvalue weighted by Crippen LogP contribution is 2.24. The lowest BCUT2D eigenvalue weighted by Gasteiger charge is -2.33. The van der Waals surface area contributed by atoms with Gasteiger partial charge in [0.2, 0.25) is 32.9 Å². The number of sulfonamides is 1. The van der Waals surface area contributed by atoms with Crippen LogP contribution in [0.5, 0.6) is 0 Å². The van der Waals surface area contributed by atoms with Gasteiger partial charge in [-0.15, -0.1) is 21.5 Å². The van der Waals surface area contributed by atoms with E-state index in [0.717, 1.165) is 10.4 Å². The first-order chi connectivity index (χ1) is 17.6. The fourth-order valence-corrected chi connectivity index (χ4v) is 7.00. The van der Waals surface area contributed by atoms with Crippen molar-refractivity contribution in [3.8, 4) is 0 Å². The number of thiophene rings is 1. The third kappa shape index (κ3) is 7.13. The Morgan fingerprint density at radius 2 is 1.97 bits per heavy atom. The van der Waals surface area contributed by atoms with Crippen LogP contribution in [0.4, 0.5) is 5.13 Å². The van der Waals surface area contributed by atoms with E-state index in [-0.39, 0.29) is 18.4 Å². The van der Waals surface area contributed by atoms with E-state index in [2.05, 4.69) is 20.2 Å². The molecule has 0 aromatic carbocycles. The Balaban J connectivity index is 1.34. The largest absolute Gasteiger partial charge is 0.332 e. The second-order valence-electron chi connectivity index (χ2n) is 8.65. The van der Waals surface area contributed by atoms with Crippen LogP contribution in [0, 0.1) is 0 Å². The zero-order chi connectivity index (χ0) is 26.6. The molecule has 3 amide bonds. The van der Waals surface area contributed by atoms with E-state index < -0.39 is 28.0 Å². The van der Waals surface area contributed by atoms with Crippen LogP contribution < -0.4 is 10.0 Å². The van der Waals surface area contributed by atoms with Gasteiger partial charge in [0.05, 0.1) is 10.9 Å². The molecular formula is C22H27ClN6O5S3. The van der Waals surface area contributed by atoms with Crippen LogP contribution in [-0.4, -0.2) is 77.9 Å². The molecule has 0 spiro atoms. The highest BCUT2D eigenvalue weighted by Gasteiger charge is 2.37. The van der Waals surface area contributed by atoms with Crippen molar-refractivity contribution in [1.82, 2.24) is 24.7 Å². The van der Waals surface area contributed by atoms with E-state index in [1.54, 1.807) is 12.1 Å². The zero-order valence-corrected chi connectivity index (χ0v) is 23.3. The predicted molar refractivity (Wildman–Crippen MR) is 143 cm³/mol. The van der Waals surface area contributed by atoms with Crippen LogP contribution >= 0.6 is 34.3 Å². The molecule has 0 saturated carbocycles. The predicted octanol–water partition coefficient (Wildman–Crippen LogP) is 2.33. The number of hydrogen-bond acceptors (Lipinski definition) is 9. The molecule has 2 atom stereocenters. The van der Waals surface area contributed by atoms with Crippen molar-refractivity contribution >= 4 is 73.2 Å². The number of rotatable bonds is 9. The summed E-state index contributed by atoms with van der Waals surface area (Å²) < 4.78 is 28.0. The summed E-state index contributed by atoms with van der Waals surface area (Å²) in [4.78, 5) is 42.4. The summed E-state index contributed by atoms with van der Waals surface area (Å²) >= 11 is 8.39. The lowest BCUT2D eigenvalue weighted by atomic mass is 10.1. The third-order valence-corrected chi connectivity index (χ3v) is 9.33. The number of anilines is 1. The summed E-state index contributed by atoms with van der Waals surface area (Å²) in [6, 6.07) is 1.73. The summed E-state index contributed by atoms with van der Waals surface area (Å²) in [5.74, 6) is -1.15. The number of aromatic nitrogens is 2. The average Bonchev–Trinajstić information content (AvgIpc) is 3.61. The van der Waals surface area contributed by atoms with E-state index in [9.17, 15) is 22.8 Å². The van der Waals surface area contributed by atoms with E-state index in [1.165, 1.54) is 38.5 Å². The average molecular weight is 587 g/mol. The first-order valence-corrected chi connectivity index (χ1v) is 15.4. The number of aryl methyl sites for hydroxylation is 1. The van der Waals surface area contributed by atoms with E-state index in [1.807, 2.05) is 6.92 Å². The molecular weight excluding hydrogens is 560 g/mol. The Kier molecular flexibility index (Phi) is 8.95. The highest BCUT2D eigenvalue weighted by molar-refractivity contribution is 7.92. The molecule has 0 aliphatic carbocycles. The monoisotopic (exact) mass is 586 g/mol. The molecule has 2 fully saturated rings. The lowest BCUT2D eigenvalue weighted by Crippen LogP contribution is -2.55. The molecule has 0 radical (unpaired) electrons. The van der Waals surface area contributed by atoms with Crippen LogP contribution in [0.15, 0.2) is 17.5 Å². The molecule has 200 valence electrons. The minimum atomic E-state index is -3.89. The lowest BCUT2D eigenvalue weighted by molar-refractivity contribution is -0.144.